The summed E-state index contributed by atoms with van der Waals surface area (Å²) in [5, 5.41) is 0. The minimum atomic E-state index is -0.283. The number of benzene rings is 2. The Labute approximate surface area is 158 Å². The fourth-order valence-corrected chi connectivity index (χ4v) is 4.04. The molecule has 1 amide bonds. The molecule has 0 N–H and O–H groups in total. The molecule has 1 heterocycles. The molecule has 0 bridgehead atoms. The number of halogens is 1. The third kappa shape index (κ3) is 3.60. The van der Waals surface area contributed by atoms with Gasteiger partial charge in [0, 0.05) is 11.0 Å². The first-order valence-electron chi connectivity index (χ1n) is 7.85. The van der Waals surface area contributed by atoms with Crippen LogP contribution < -0.4 is 9.54 Å². The van der Waals surface area contributed by atoms with E-state index in [1.165, 1.54) is 11.3 Å². The molecular weight excluding hydrogens is 400 g/mol. The molecular formula is C19H17BrN2O2S. The van der Waals surface area contributed by atoms with Gasteiger partial charge < -0.3 is 9.30 Å². The number of nitrogens with zero attached hydrogens (tertiary/aromatic N) is 2. The lowest BCUT2D eigenvalue weighted by molar-refractivity contribution is 0.0997. The van der Waals surface area contributed by atoms with Gasteiger partial charge in [0.1, 0.15) is 11.3 Å². The van der Waals surface area contributed by atoms with Crippen LogP contribution in [0.4, 0.5) is 0 Å². The summed E-state index contributed by atoms with van der Waals surface area (Å²) in [7, 11) is 0. The lowest BCUT2D eigenvalue weighted by atomic mass is 10.2. The Hall–Kier alpha value is -2.18. The molecule has 2 aromatic carbocycles. The van der Waals surface area contributed by atoms with E-state index < -0.39 is 0 Å². The van der Waals surface area contributed by atoms with Gasteiger partial charge in [-0.2, -0.15) is 4.99 Å². The van der Waals surface area contributed by atoms with Crippen molar-refractivity contribution < 1.29 is 9.53 Å². The van der Waals surface area contributed by atoms with E-state index >= 15 is 0 Å². The molecule has 0 fully saturated rings. The largest absolute Gasteiger partial charge is 0.492 e. The van der Waals surface area contributed by atoms with E-state index in [2.05, 4.69) is 27.5 Å². The van der Waals surface area contributed by atoms with Crippen molar-refractivity contribution in [2.45, 2.75) is 13.5 Å². The lowest BCUT2D eigenvalue weighted by Gasteiger charge is -2.08. The second-order valence-corrected chi connectivity index (χ2v) is 7.08. The van der Waals surface area contributed by atoms with Crippen LogP contribution in [0, 0.1) is 0 Å². The summed E-state index contributed by atoms with van der Waals surface area (Å²) in [6.45, 7) is 6.89. The lowest BCUT2D eigenvalue weighted by Crippen LogP contribution is -2.16. The first kappa shape index (κ1) is 17.6. The van der Waals surface area contributed by atoms with Crippen molar-refractivity contribution in [3.8, 4) is 5.75 Å². The minimum Gasteiger partial charge on any atom is -0.492 e. The molecule has 0 saturated carbocycles. The summed E-state index contributed by atoms with van der Waals surface area (Å²) in [5.74, 6) is 0.502. The number of rotatable bonds is 5. The zero-order chi connectivity index (χ0) is 17.8. The maximum atomic E-state index is 12.6. The van der Waals surface area contributed by atoms with Gasteiger partial charge >= 0.3 is 0 Å². The highest BCUT2D eigenvalue weighted by Gasteiger charge is 2.13. The molecule has 0 spiro atoms. The van der Waals surface area contributed by atoms with Gasteiger partial charge in [-0.3, -0.25) is 4.79 Å². The van der Waals surface area contributed by atoms with Crippen LogP contribution in [0.2, 0.25) is 0 Å². The summed E-state index contributed by atoms with van der Waals surface area (Å²) in [4.78, 5) is 17.6. The first-order valence-corrected chi connectivity index (χ1v) is 9.46. The second-order valence-electron chi connectivity index (χ2n) is 5.22. The Morgan fingerprint density at radius 2 is 2.12 bits per heavy atom. The third-order valence-corrected chi connectivity index (χ3v) is 5.31. The highest BCUT2D eigenvalue weighted by atomic mass is 79.9. The fourth-order valence-electron chi connectivity index (χ4n) is 2.54. The average molecular weight is 417 g/mol. The Morgan fingerprint density at radius 1 is 1.32 bits per heavy atom. The van der Waals surface area contributed by atoms with E-state index in [0.717, 1.165) is 20.4 Å². The number of aromatic nitrogens is 1. The van der Waals surface area contributed by atoms with Crippen LogP contribution in [0.1, 0.15) is 17.3 Å². The van der Waals surface area contributed by atoms with E-state index in [1.807, 2.05) is 47.9 Å². The van der Waals surface area contributed by atoms with E-state index in [0.29, 0.717) is 23.5 Å². The van der Waals surface area contributed by atoms with Crippen LogP contribution in [0.5, 0.6) is 5.75 Å². The Morgan fingerprint density at radius 3 is 2.84 bits per heavy atom. The fraction of sp³-hybridized carbons (Fsp3) is 0.158. The van der Waals surface area contributed by atoms with Gasteiger partial charge in [0.05, 0.1) is 16.9 Å². The summed E-state index contributed by atoms with van der Waals surface area (Å²) < 4.78 is 9.46. The molecule has 0 saturated heterocycles. The number of hydrogen-bond donors (Lipinski definition) is 0. The van der Waals surface area contributed by atoms with Crippen LogP contribution in [0.25, 0.3) is 10.2 Å². The zero-order valence-corrected chi connectivity index (χ0v) is 16.1. The number of allylic oxidation sites excluding steroid dienone is 1. The number of carbonyl (C=O) groups is 1. The predicted molar refractivity (Wildman–Crippen MR) is 105 cm³/mol. The number of carbonyl (C=O) groups excluding carboxylic acids is 1. The monoisotopic (exact) mass is 416 g/mol. The van der Waals surface area contributed by atoms with Crippen molar-refractivity contribution in [3.05, 3.63) is 70.0 Å². The highest BCUT2D eigenvalue weighted by molar-refractivity contribution is 9.10. The summed E-state index contributed by atoms with van der Waals surface area (Å²) in [6, 6.07) is 13.2. The topological polar surface area (TPSA) is 43.6 Å². The quantitative estimate of drug-likeness (QED) is 0.561. The minimum absolute atomic E-state index is 0.283. The molecule has 4 nitrogen and oxygen atoms in total. The van der Waals surface area contributed by atoms with Gasteiger partial charge in [-0.15, -0.1) is 6.58 Å². The van der Waals surface area contributed by atoms with Gasteiger partial charge in [-0.1, -0.05) is 35.6 Å². The van der Waals surface area contributed by atoms with Gasteiger partial charge in [-0.25, -0.2) is 0 Å². The van der Waals surface area contributed by atoms with Crippen LogP contribution in [-0.4, -0.2) is 17.1 Å². The molecule has 0 aliphatic heterocycles. The van der Waals surface area contributed by atoms with Crippen LogP contribution in [-0.2, 0) is 6.54 Å². The molecule has 1 aromatic heterocycles. The normalized spacial score (nSPS) is 11.7. The van der Waals surface area contributed by atoms with Crippen LogP contribution in [0.15, 0.2) is 64.6 Å². The molecule has 3 rings (SSSR count). The standard InChI is InChI=1S/C19H17BrN2O2S/c1-3-12-22-17-15(24-4-2)10-7-11-16(17)25-19(22)21-18(23)13-8-5-6-9-14(13)20/h3,5-11H,1,4,12H2,2H3. The van der Waals surface area contributed by atoms with Gasteiger partial charge in [-0.05, 0) is 47.1 Å². The van der Waals surface area contributed by atoms with E-state index in [-0.39, 0.29) is 5.91 Å². The molecule has 3 aromatic rings. The number of thiazole rings is 1. The second kappa shape index (κ2) is 7.80. The summed E-state index contributed by atoms with van der Waals surface area (Å²) in [5.41, 5.74) is 1.48. The predicted octanol–water partition coefficient (Wildman–Crippen LogP) is 4.79. The molecule has 6 heteroatoms. The van der Waals surface area contributed by atoms with Crippen LogP contribution in [0.3, 0.4) is 0 Å². The van der Waals surface area contributed by atoms with Crippen molar-refractivity contribution in [1.29, 1.82) is 0 Å². The average Bonchev–Trinajstić information content (AvgIpc) is 2.94. The Kier molecular flexibility index (Phi) is 5.50. The van der Waals surface area contributed by atoms with Crippen molar-refractivity contribution in [2.75, 3.05) is 6.61 Å². The molecule has 0 radical (unpaired) electrons. The van der Waals surface area contributed by atoms with Crippen LogP contribution >= 0.6 is 27.3 Å². The number of para-hydroxylation sites is 1. The zero-order valence-electron chi connectivity index (χ0n) is 13.7. The molecule has 0 aliphatic rings. The Balaban J connectivity index is 2.20. The smallest absolute Gasteiger partial charge is 0.280 e. The molecule has 0 aliphatic carbocycles. The third-order valence-electron chi connectivity index (χ3n) is 3.58. The number of ether oxygens (including phenoxy) is 1. The number of hydrogen-bond acceptors (Lipinski definition) is 3. The SMILES string of the molecule is C=CCn1c(=NC(=O)c2ccccc2Br)sc2cccc(OCC)c21. The molecule has 0 atom stereocenters. The van der Waals surface area contributed by atoms with Gasteiger partial charge in [0.25, 0.3) is 5.91 Å². The van der Waals surface area contributed by atoms with Crippen molar-refractivity contribution in [3.63, 3.8) is 0 Å². The maximum Gasteiger partial charge on any atom is 0.280 e. The van der Waals surface area contributed by atoms with E-state index in [1.54, 1.807) is 12.1 Å². The first-order chi connectivity index (χ1) is 12.2. The molecule has 25 heavy (non-hydrogen) atoms. The summed E-state index contributed by atoms with van der Waals surface area (Å²) >= 11 is 4.87. The van der Waals surface area contributed by atoms with Crippen molar-refractivity contribution >= 4 is 43.4 Å². The molecule has 128 valence electrons. The van der Waals surface area contributed by atoms with Crippen molar-refractivity contribution in [2.24, 2.45) is 4.99 Å². The van der Waals surface area contributed by atoms with E-state index in [9.17, 15) is 4.79 Å². The van der Waals surface area contributed by atoms with Gasteiger partial charge in [0.2, 0.25) is 0 Å². The Bertz CT molecular complexity index is 1000. The molecule has 0 unspecified atom stereocenters. The highest BCUT2D eigenvalue weighted by Crippen LogP contribution is 2.28. The van der Waals surface area contributed by atoms with Gasteiger partial charge in [0.15, 0.2) is 4.80 Å². The van der Waals surface area contributed by atoms with Crippen molar-refractivity contribution in [1.82, 2.24) is 4.57 Å². The number of amides is 1. The number of fused-ring (bicyclic) bond motifs is 1. The maximum absolute atomic E-state index is 12.6. The van der Waals surface area contributed by atoms with E-state index in [4.69, 9.17) is 4.74 Å². The summed E-state index contributed by atoms with van der Waals surface area (Å²) in [6.07, 6.45) is 1.79.